The van der Waals surface area contributed by atoms with Crippen molar-refractivity contribution in [1.29, 1.82) is 0 Å². The van der Waals surface area contributed by atoms with Crippen LogP contribution in [-0.2, 0) is 9.47 Å². The first-order valence-corrected chi connectivity index (χ1v) is 7.30. The van der Waals surface area contributed by atoms with Crippen molar-refractivity contribution in [2.45, 2.75) is 32.8 Å². The second-order valence-corrected chi connectivity index (χ2v) is 5.08. The van der Waals surface area contributed by atoms with Crippen LogP contribution < -0.4 is 5.32 Å². The lowest BCUT2D eigenvalue weighted by molar-refractivity contribution is 0.0103. The highest BCUT2D eigenvalue weighted by molar-refractivity contribution is 5.45. The molecule has 4 heteroatoms. The summed E-state index contributed by atoms with van der Waals surface area (Å²) in [5.74, 6) is 0.536. The van der Waals surface area contributed by atoms with Crippen molar-refractivity contribution in [1.82, 2.24) is 0 Å². The molecule has 0 aliphatic carbocycles. The van der Waals surface area contributed by atoms with E-state index in [9.17, 15) is 5.11 Å². The van der Waals surface area contributed by atoms with E-state index in [2.05, 4.69) is 31.3 Å². The predicted molar refractivity (Wildman–Crippen MR) is 82.3 cm³/mol. The van der Waals surface area contributed by atoms with Crippen molar-refractivity contribution in [2.75, 3.05) is 38.3 Å². The molecule has 0 aliphatic heterocycles. The van der Waals surface area contributed by atoms with Crippen LogP contribution in [0.5, 0.6) is 0 Å². The summed E-state index contributed by atoms with van der Waals surface area (Å²) in [5.41, 5.74) is 2.33. The van der Waals surface area contributed by atoms with Crippen LogP contribution in [0.25, 0.3) is 0 Å². The number of aliphatic hydroxyl groups excluding tert-OH is 1. The summed E-state index contributed by atoms with van der Waals surface area (Å²) >= 11 is 0. The van der Waals surface area contributed by atoms with Crippen LogP contribution in [0.1, 0.15) is 32.3 Å². The van der Waals surface area contributed by atoms with E-state index in [1.165, 1.54) is 5.56 Å². The summed E-state index contributed by atoms with van der Waals surface area (Å²) in [6, 6.07) is 8.30. The third kappa shape index (κ3) is 6.89. The molecule has 1 unspecified atom stereocenters. The van der Waals surface area contributed by atoms with E-state index in [1.54, 1.807) is 0 Å². The average Bonchev–Trinajstić information content (AvgIpc) is 2.45. The van der Waals surface area contributed by atoms with Crippen molar-refractivity contribution in [3.05, 3.63) is 29.8 Å². The number of hydrogen-bond acceptors (Lipinski definition) is 4. The Kier molecular flexibility index (Phi) is 8.26. The van der Waals surface area contributed by atoms with Crippen LogP contribution in [0.3, 0.4) is 0 Å². The lowest BCUT2D eigenvalue weighted by Crippen LogP contribution is -2.25. The molecule has 0 spiro atoms. The molecule has 0 fully saturated rings. The fraction of sp³-hybridized carbons (Fsp3) is 0.625. The minimum Gasteiger partial charge on any atom is -0.389 e. The van der Waals surface area contributed by atoms with Gasteiger partial charge in [0, 0.05) is 18.8 Å². The van der Waals surface area contributed by atoms with Gasteiger partial charge in [0.05, 0.1) is 25.9 Å². The Labute approximate surface area is 122 Å². The molecule has 0 aliphatic rings. The Morgan fingerprint density at radius 2 is 1.75 bits per heavy atom. The number of ether oxygens (including phenoxy) is 2. The topological polar surface area (TPSA) is 50.7 Å². The van der Waals surface area contributed by atoms with Gasteiger partial charge in [0.15, 0.2) is 0 Å². The SMILES string of the molecule is CCOCCOCC(O)CNc1ccc(C(C)C)cc1. The van der Waals surface area contributed by atoms with Crippen molar-refractivity contribution in [3.63, 3.8) is 0 Å². The maximum atomic E-state index is 9.78. The van der Waals surface area contributed by atoms with Crippen LogP contribution in [0.15, 0.2) is 24.3 Å². The minimum absolute atomic E-state index is 0.324. The zero-order valence-electron chi connectivity index (χ0n) is 12.8. The highest BCUT2D eigenvalue weighted by Crippen LogP contribution is 2.16. The molecular weight excluding hydrogens is 254 g/mol. The summed E-state index contributed by atoms with van der Waals surface area (Å²) in [6.07, 6.45) is -0.513. The highest BCUT2D eigenvalue weighted by atomic mass is 16.5. The largest absolute Gasteiger partial charge is 0.389 e. The summed E-state index contributed by atoms with van der Waals surface area (Å²) in [7, 11) is 0. The number of benzene rings is 1. The molecule has 1 rings (SSSR count). The van der Waals surface area contributed by atoms with E-state index < -0.39 is 6.10 Å². The quantitative estimate of drug-likeness (QED) is 0.647. The van der Waals surface area contributed by atoms with E-state index in [0.717, 1.165) is 5.69 Å². The van der Waals surface area contributed by atoms with E-state index in [4.69, 9.17) is 9.47 Å². The smallest absolute Gasteiger partial charge is 0.0945 e. The molecule has 1 aromatic carbocycles. The predicted octanol–water partition coefficient (Wildman–Crippen LogP) is 2.64. The van der Waals surface area contributed by atoms with Crippen LogP contribution in [-0.4, -0.2) is 44.2 Å². The molecule has 0 amide bonds. The fourth-order valence-corrected chi connectivity index (χ4v) is 1.76. The average molecular weight is 281 g/mol. The lowest BCUT2D eigenvalue weighted by atomic mass is 10.0. The third-order valence-electron chi connectivity index (χ3n) is 3.01. The monoisotopic (exact) mass is 281 g/mol. The van der Waals surface area contributed by atoms with Crippen molar-refractivity contribution in [2.24, 2.45) is 0 Å². The summed E-state index contributed by atoms with van der Waals surface area (Å²) in [6.45, 7) is 8.89. The van der Waals surface area contributed by atoms with Gasteiger partial charge < -0.3 is 19.9 Å². The van der Waals surface area contributed by atoms with Gasteiger partial charge >= 0.3 is 0 Å². The first-order valence-electron chi connectivity index (χ1n) is 7.30. The summed E-state index contributed by atoms with van der Waals surface area (Å²) < 4.78 is 10.5. The minimum atomic E-state index is -0.513. The standard InChI is InChI=1S/C16H27NO3/c1-4-19-9-10-20-12-16(18)11-17-15-7-5-14(6-8-15)13(2)3/h5-8,13,16-18H,4,9-12H2,1-3H3. The van der Waals surface area contributed by atoms with Gasteiger partial charge in [-0.05, 0) is 30.5 Å². The summed E-state index contributed by atoms with van der Waals surface area (Å²) in [5, 5.41) is 13.0. The number of hydrogen-bond donors (Lipinski definition) is 2. The molecule has 0 heterocycles. The van der Waals surface area contributed by atoms with Gasteiger partial charge in [-0.2, -0.15) is 0 Å². The molecule has 4 nitrogen and oxygen atoms in total. The van der Waals surface area contributed by atoms with Crippen molar-refractivity contribution in [3.8, 4) is 0 Å². The lowest BCUT2D eigenvalue weighted by Gasteiger charge is -2.14. The van der Waals surface area contributed by atoms with Crippen LogP contribution in [0, 0.1) is 0 Å². The molecule has 1 aromatic rings. The van der Waals surface area contributed by atoms with Gasteiger partial charge in [0.2, 0.25) is 0 Å². The molecule has 0 radical (unpaired) electrons. The highest BCUT2D eigenvalue weighted by Gasteiger charge is 2.04. The zero-order valence-corrected chi connectivity index (χ0v) is 12.8. The first kappa shape index (κ1) is 17.0. The molecule has 0 aromatic heterocycles. The van der Waals surface area contributed by atoms with Gasteiger partial charge in [0.1, 0.15) is 0 Å². The molecule has 1 atom stereocenters. The number of anilines is 1. The van der Waals surface area contributed by atoms with Crippen LogP contribution in [0.4, 0.5) is 5.69 Å². The zero-order chi connectivity index (χ0) is 14.8. The van der Waals surface area contributed by atoms with E-state index >= 15 is 0 Å². The Morgan fingerprint density at radius 3 is 2.35 bits per heavy atom. The third-order valence-corrected chi connectivity index (χ3v) is 3.01. The Morgan fingerprint density at radius 1 is 1.10 bits per heavy atom. The Hall–Kier alpha value is -1.10. The van der Waals surface area contributed by atoms with E-state index in [-0.39, 0.29) is 0 Å². The molecular formula is C16H27NO3. The second-order valence-electron chi connectivity index (χ2n) is 5.08. The molecule has 2 N–H and O–H groups in total. The van der Waals surface area contributed by atoms with Crippen molar-refractivity contribution >= 4 is 5.69 Å². The van der Waals surface area contributed by atoms with E-state index in [1.807, 2.05) is 19.1 Å². The van der Waals surface area contributed by atoms with Crippen LogP contribution >= 0.6 is 0 Å². The Balaban J connectivity index is 2.18. The molecule has 114 valence electrons. The van der Waals surface area contributed by atoms with Crippen molar-refractivity contribution < 1.29 is 14.6 Å². The Bertz CT molecular complexity index is 351. The number of aliphatic hydroxyl groups is 1. The first-order chi connectivity index (χ1) is 9.63. The fourth-order valence-electron chi connectivity index (χ4n) is 1.76. The summed E-state index contributed by atoms with van der Waals surface area (Å²) in [4.78, 5) is 0. The second kappa shape index (κ2) is 9.75. The number of nitrogens with one attached hydrogen (secondary N) is 1. The van der Waals surface area contributed by atoms with Gasteiger partial charge in [-0.1, -0.05) is 26.0 Å². The molecule has 0 bridgehead atoms. The van der Waals surface area contributed by atoms with E-state index in [0.29, 0.717) is 38.9 Å². The number of rotatable bonds is 10. The maximum absolute atomic E-state index is 9.78. The van der Waals surface area contributed by atoms with Gasteiger partial charge in [-0.15, -0.1) is 0 Å². The molecule has 0 saturated carbocycles. The molecule has 20 heavy (non-hydrogen) atoms. The molecule has 0 saturated heterocycles. The van der Waals surface area contributed by atoms with Crippen LogP contribution in [0.2, 0.25) is 0 Å². The maximum Gasteiger partial charge on any atom is 0.0945 e. The normalized spacial score (nSPS) is 12.7. The van der Waals surface area contributed by atoms with Gasteiger partial charge in [-0.3, -0.25) is 0 Å². The van der Waals surface area contributed by atoms with Gasteiger partial charge in [0.25, 0.3) is 0 Å². The van der Waals surface area contributed by atoms with Gasteiger partial charge in [-0.25, -0.2) is 0 Å².